The second-order valence-corrected chi connectivity index (χ2v) is 5.30. The number of amides is 1. The van der Waals surface area contributed by atoms with Crippen molar-refractivity contribution < 1.29 is 4.79 Å². The van der Waals surface area contributed by atoms with Gasteiger partial charge in [-0.05, 0) is 58.5 Å². The third-order valence-electron chi connectivity index (χ3n) is 3.33. The van der Waals surface area contributed by atoms with Crippen molar-refractivity contribution in [1.29, 1.82) is 0 Å². The highest BCUT2D eigenvalue weighted by atomic mass is 16.1. The lowest BCUT2D eigenvalue weighted by molar-refractivity contribution is -0.116. The van der Waals surface area contributed by atoms with E-state index in [9.17, 15) is 4.79 Å². The van der Waals surface area contributed by atoms with Crippen LogP contribution >= 0.6 is 0 Å². The first-order valence-corrected chi connectivity index (χ1v) is 6.76. The van der Waals surface area contributed by atoms with Gasteiger partial charge in [-0.1, -0.05) is 6.07 Å². The van der Waals surface area contributed by atoms with Crippen LogP contribution in [-0.2, 0) is 4.79 Å². The number of nitrogen functional groups attached to an aromatic ring is 1. The summed E-state index contributed by atoms with van der Waals surface area (Å²) in [5.74, 6) is 0.0471. The van der Waals surface area contributed by atoms with Crippen molar-refractivity contribution >= 4 is 17.3 Å². The van der Waals surface area contributed by atoms with Gasteiger partial charge in [-0.3, -0.25) is 4.79 Å². The van der Waals surface area contributed by atoms with Gasteiger partial charge in [-0.2, -0.15) is 0 Å². The van der Waals surface area contributed by atoms with Crippen LogP contribution < -0.4 is 11.1 Å². The third-order valence-corrected chi connectivity index (χ3v) is 3.33. The van der Waals surface area contributed by atoms with Crippen LogP contribution in [0.1, 0.15) is 32.3 Å². The molecule has 0 spiro atoms. The number of hydrogen-bond donors (Lipinski definition) is 2. The second-order valence-electron chi connectivity index (χ2n) is 5.30. The van der Waals surface area contributed by atoms with E-state index in [-0.39, 0.29) is 5.91 Å². The van der Waals surface area contributed by atoms with Gasteiger partial charge in [0.2, 0.25) is 5.91 Å². The Morgan fingerprint density at radius 3 is 2.74 bits per heavy atom. The van der Waals surface area contributed by atoms with E-state index in [1.54, 1.807) is 6.07 Å². The summed E-state index contributed by atoms with van der Waals surface area (Å²) in [6, 6.07) is 6.06. The highest BCUT2D eigenvalue weighted by molar-refractivity contribution is 5.91. The lowest BCUT2D eigenvalue weighted by Crippen LogP contribution is -2.28. The molecule has 1 rings (SSSR count). The number of nitrogens with zero attached hydrogens (tertiary/aromatic N) is 1. The zero-order valence-corrected chi connectivity index (χ0v) is 12.4. The summed E-state index contributed by atoms with van der Waals surface area (Å²) < 4.78 is 0. The largest absolute Gasteiger partial charge is 0.399 e. The van der Waals surface area contributed by atoms with E-state index >= 15 is 0 Å². The molecule has 1 aromatic carbocycles. The van der Waals surface area contributed by atoms with Gasteiger partial charge in [0.25, 0.3) is 0 Å². The molecule has 0 saturated carbocycles. The first kappa shape index (κ1) is 15.5. The molecule has 1 aromatic rings. The van der Waals surface area contributed by atoms with Crippen LogP contribution in [0.2, 0.25) is 0 Å². The number of hydrogen-bond acceptors (Lipinski definition) is 3. The summed E-state index contributed by atoms with van der Waals surface area (Å²) in [5.41, 5.74) is 8.22. The molecule has 0 saturated heterocycles. The van der Waals surface area contributed by atoms with Crippen molar-refractivity contribution in [2.75, 3.05) is 24.6 Å². The maximum atomic E-state index is 11.9. The van der Waals surface area contributed by atoms with Crippen LogP contribution in [0.25, 0.3) is 0 Å². The topological polar surface area (TPSA) is 58.4 Å². The fourth-order valence-electron chi connectivity index (χ4n) is 1.73. The molecule has 0 bridgehead atoms. The Morgan fingerprint density at radius 2 is 2.11 bits per heavy atom. The highest BCUT2D eigenvalue weighted by Crippen LogP contribution is 2.18. The Bertz CT molecular complexity index is 429. The van der Waals surface area contributed by atoms with E-state index in [0.29, 0.717) is 18.2 Å². The molecule has 0 aliphatic rings. The van der Waals surface area contributed by atoms with Gasteiger partial charge in [0.1, 0.15) is 0 Å². The Labute approximate surface area is 116 Å². The molecule has 0 aliphatic carbocycles. The Morgan fingerprint density at radius 1 is 1.42 bits per heavy atom. The summed E-state index contributed by atoms with van der Waals surface area (Å²) in [5, 5.41) is 2.92. The molecule has 1 amide bonds. The maximum Gasteiger partial charge on any atom is 0.224 e. The van der Waals surface area contributed by atoms with Crippen LogP contribution in [0.5, 0.6) is 0 Å². The van der Waals surface area contributed by atoms with Crippen LogP contribution in [0.4, 0.5) is 11.4 Å². The standard InChI is InChI=1S/C15H25N3O/c1-11(2)18(4)9-5-6-15(19)17-14-10-13(16)8-7-12(14)3/h7-8,10-11H,5-6,9,16H2,1-4H3,(H,17,19). The number of nitrogens with two attached hydrogens (primary N) is 1. The predicted molar refractivity (Wildman–Crippen MR) is 81.2 cm³/mol. The van der Waals surface area contributed by atoms with E-state index < -0.39 is 0 Å². The molecule has 4 nitrogen and oxygen atoms in total. The molecular weight excluding hydrogens is 238 g/mol. The fourth-order valence-corrected chi connectivity index (χ4v) is 1.73. The Balaban J connectivity index is 2.41. The van der Waals surface area contributed by atoms with E-state index in [1.807, 2.05) is 19.1 Å². The van der Waals surface area contributed by atoms with Gasteiger partial charge < -0.3 is 16.0 Å². The quantitative estimate of drug-likeness (QED) is 0.776. The summed E-state index contributed by atoms with van der Waals surface area (Å²) in [4.78, 5) is 14.1. The van der Waals surface area contributed by atoms with E-state index in [4.69, 9.17) is 5.73 Å². The fraction of sp³-hybridized carbons (Fsp3) is 0.533. The SMILES string of the molecule is Cc1ccc(N)cc1NC(=O)CCCN(C)C(C)C. The lowest BCUT2D eigenvalue weighted by atomic mass is 10.1. The van der Waals surface area contributed by atoms with Gasteiger partial charge in [0.05, 0.1) is 0 Å². The van der Waals surface area contributed by atoms with Gasteiger partial charge in [0.15, 0.2) is 0 Å². The van der Waals surface area contributed by atoms with Crippen LogP contribution in [0.15, 0.2) is 18.2 Å². The second kappa shape index (κ2) is 7.14. The number of anilines is 2. The van der Waals surface area contributed by atoms with Gasteiger partial charge in [-0.25, -0.2) is 0 Å². The first-order chi connectivity index (χ1) is 8.90. The number of carbonyl (C=O) groups is 1. The van der Waals surface area contributed by atoms with Gasteiger partial charge >= 0.3 is 0 Å². The third kappa shape index (κ3) is 5.30. The lowest BCUT2D eigenvalue weighted by Gasteiger charge is -2.20. The molecule has 4 heteroatoms. The zero-order chi connectivity index (χ0) is 14.4. The molecule has 0 unspecified atom stereocenters. The number of rotatable bonds is 6. The summed E-state index contributed by atoms with van der Waals surface area (Å²) in [6.07, 6.45) is 1.40. The first-order valence-electron chi connectivity index (χ1n) is 6.76. The molecule has 0 aliphatic heterocycles. The van der Waals surface area contributed by atoms with E-state index in [1.165, 1.54) is 0 Å². The van der Waals surface area contributed by atoms with Crippen LogP contribution in [0.3, 0.4) is 0 Å². The van der Waals surface area contributed by atoms with Gasteiger partial charge in [0, 0.05) is 23.8 Å². The average molecular weight is 263 g/mol. The molecule has 0 radical (unpaired) electrons. The van der Waals surface area contributed by atoms with Crippen molar-refractivity contribution in [3.05, 3.63) is 23.8 Å². The van der Waals surface area contributed by atoms with Gasteiger partial charge in [-0.15, -0.1) is 0 Å². The van der Waals surface area contributed by atoms with Crippen molar-refractivity contribution in [2.24, 2.45) is 0 Å². The van der Waals surface area contributed by atoms with Crippen LogP contribution in [0, 0.1) is 6.92 Å². The number of nitrogens with one attached hydrogen (secondary N) is 1. The maximum absolute atomic E-state index is 11.9. The summed E-state index contributed by atoms with van der Waals surface area (Å²) in [7, 11) is 2.07. The van der Waals surface area contributed by atoms with Crippen molar-refractivity contribution in [2.45, 2.75) is 39.7 Å². The number of benzene rings is 1. The highest BCUT2D eigenvalue weighted by Gasteiger charge is 2.07. The molecule has 0 aromatic heterocycles. The molecular formula is C15H25N3O. The summed E-state index contributed by atoms with van der Waals surface area (Å²) in [6.45, 7) is 7.19. The molecule has 0 fully saturated rings. The van der Waals surface area contributed by atoms with Crippen molar-refractivity contribution in [3.8, 4) is 0 Å². The zero-order valence-electron chi connectivity index (χ0n) is 12.4. The molecule has 0 atom stereocenters. The molecule has 0 heterocycles. The van der Waals surface area contributed by atoms with E-state index in [2.05, 4.69) is 31.1 Å². The van der Waals surface area contributed by atoms with Crippen molar-refractivity contribution in [3.63, 3.8) is 0 Å². The Hall–Kier alpha value is -1.55. The predicted octanol–water partition coefficient (Wildman–Crippen LogP) is 2.64. The molecule has 3 N–H and O–H groups in total. The molecule has 19 heavy (non-hydrogen) atoms. The van der Waals surface area contributed by atoms with Crippen LogP contribution in [-0.4, -0.2) is 30.4 Å². The molecule has 106 valence electrons. The smallest absolute Gasteiger partial charge is 0.224 e. The van der Waals surface area contributed by atoms with Crippen molar-refractivity contribution in [1.82, 2.24) is 4.90 Å². The minimum absolute atomic E-state index is 0.0471. The van der Waals surface area contributed by atoms with E-state index in [0.717, 1.165) is 24.2 Å². The number of aryl methyl sites for hydroxylation is 1. The normalized spacial score (nSPS) is 11.1. The number of carbonyl (C=O) groups excluding carboxylic acids is 1. The Kier molecular flexibility index (Phi) is 5.83. The summed E-state index contributed by atoms with van der Waals surface area (Å²) >= 11 is 0. The minimum atomic E-state index is 0.0471. The monoisotopic (exact) mass is 263 g/mol. The minimum Gasteiger partial charge on any atom is -0.399 e. The average Bonchev–Trinajstić information content (AvgIpc) is 2.33.